The van der Waals surface area contributed by atoms with Crippen molar-refractivity contribution in [3.63, 3.8) is 0 Å². The van der Waals surface area contributed by atoms with E-state index in [2.05, 4.69) is 33.4 Å². The number of nitrogens with zero attached hydrogens (tertiary/aromatic N) is 2. The van der Waals surface area contributed by atoms with Crippen molar-refractivity contribution < 1.29 is 18.8 Å². The van der Waals surface area contributed by atoms with Crippen LogP contribution >= 0.6 is 12.6 Å². The molecule has 0 fully saturated rings. The van der Waals surface area contributed by atoms with Crippen LogP contribution in [0.25, 0.3) is 11.4 Å². The van der Waals surface area contributed by atoms with E-state index in [0.29, 0.717) is 35.9 Å². The van der Waals surface area contributed by atoms with Gasteiger partial charge in [-0.1, -0.05) is 5.16 Å². The maximum atomic E-state index is 11.9. The lowest BCUT2D eigenvalue weighted by Gasteiger charge is -2.04. The van der Waals surface area contributed by atoms with Crippen LogP contribution in [0.1, 0.15) is 17.1 Å². The van der Waals surface area contributed by atoms with Gasteiger partial charge in [-0.3, -0.25) is 9.59 Å². The van der Waals surface area contributed by atoms with Gasteiger partial charge in [0, 0.05) is 25.1 Å². The maximum Gasteiger partial charge on any atom is 0.316 e. The molecule has 0 saturated heterocycles. The molecule has 0 aliphatic rings. The molecule has 2 rings (SSSR count). The standard InChI is InChI=1S/C15H18N4O4S/c1-22-11-4-2-10(3-5-11)13-18-15(23-19-13)14(21)17-8-7-16-12(20)6-9-24/h2-5,24H,6-9H2,1H3,(H,16,20)(H,17,21). The Morgan fingerprint density at radius 3 is 2.58 bits per heavy atom. The third kappa shape index (κ3) is 4.98. The van der Waals surface area contributed by atoms with Gasteiger partial charge in [-0.2, -0.15) is 17.6 Å². The smallest absolute Gasteiger partial charge is 0.316 e. The number of hydrogen-bond acceptors (Lipinski definition) is 7. The summed E-state index contributed by atoms with van der Waals surface area (Å²) in [7, 11) is 1.58. The van der Waals surface area contributed by atoms with Crippen LogP contribution in [0.3, 0.4) is 0 Å². The molecule has 1 aromatic carbocycles. The third-order valence-corrected chi connectivity index (χ3v) is 3.26. The first kappa shape index (κ1) is 17.8. The van der Waals surface area contributed by atoms with Crippen molar-refractivity contribution in [2.45, 2.75) is 6.42 Å². The summed E-state index contributed by atoms with van der Waals surface area (Å²) in [4.78, 5) is 27.2. The van der Waals surface area contributed by atoms with E-state index < -0.39 is 5.91 Å². The Balaban J connectivity index is 1.85. The van der Waals surface area contributed by atoms with Crippen LogP contribution in [-0.4, -0.2) is 47.9 Å². The van der Waals surface area contributed by atoms with E-state index in [-0.39, 0.29) is 18.3 Å². The van der Waals surface area contributed by atoms with Gasteiger partial charge in [0.05, 0.1) is 7.11 Å². The minimum Gasteiger partial charge on any atom is -0.497 e. The van der Waals surface area contributed by atoms with E-state index >= 15 is 0 Å². The van der Waals surface area contributed by atoms with Gasteiger partial charge in [0.1, 0.15) is 5.75 Å². The van der Waals surface area contributed by atoms with Crippen molar-refractivity contribution in [1.29, 1.82) is 0 Å². The molecule has 2 aromatic rings. The van der Waals surface area contributed by atoms with E-state index in [1.807, 2.05) is 0 Å². The van der Waals surface area contributed by atoms with E-state index in [4.69, 9.17) is 9.26 Å². The topological polar surface area (TPSA) is 106 Å². The molecular weight excluding hydrogens is 332 g/mol. The second-order valence-corrected chi connectivity index (χ2v) is 5.18. The molecular formula is C15H18N4O4S. The second kappa shape index (κ2) is 8.92. The van der Waals surface area contributed by atoms with Crippen LogP contribution in [0, 0.1) is 0 Å². The SMILES string of the molecule is COc1ccc(-c2noc(C(=O)NCCNC(=O)CCS)n2)cc1. The van der Waals surface area contributed by atoms with Crippen molar-refractivity contribution in [2.75, 3.05) is 26.0 Å². The quantitative estimate of drug-likeness (QED) is 0.483. The lowest BCUT2D eigenvalue weighted by atomic mass is 10.2. The number of ether oxygens (including phenoxy) is 1. The predicted molar refractivity (Wildman–Crippen MR) is 90.1 cm³/mol. The minimum absolute atomic E-state index is 0.112. The lowest BCUT2D eigenvalue weighted by molar-refractivity contribution is -0.120. The zero-order valence-electron chi connectivity index (χ0n) is 13.1. The van der Waals surface area contributed by atoms with Crippen molar-refractivity contribution in [1.82, 2.24) is 20.8 Å². The highest BCUT2D eigenvalue weighted by molar-refractivity contribution is 7.80. The highest BCUT2D eigenvalue weighted by atomic mass is 32.1. The van der Waals surface area contributed by atoms with Crippen molar-refractivity contribution >= 4 is 24.4 Å². The minimum atomic E-state index is -0.495. The van der Waals surface area contributed by atoms with Gasteiger partial charge in [-0.05, 0) is 30.0 Å². The number of carbonyl (C=O) groups excluding carboxylic acids is 2. The summed E-state index contributed by atoms with van der Waals surface area (Å²) in [6.45, 7) is 0.579. The average Bonchev–Trinajstić information content (AvgIpc) is 3.09. The van der Waals surface area contributed by atoms with Crippen molar-refractivity contribution in [2.24, 2.45) is 0 Å². The second-order valence-electron chi connectivity index (χ2n) is 4.73. The van der Waals surface area contributed by atoms with Gasteiger partial charge in [0.25, 0.3) is 0 Å². The number of hydrogen-bond donors (Lipinski definition) is 3. The Hall–Kier alpha value is -2.55. The van der Waals surface area contributed by atoms with Crippen molar-refractivity contribution in [3.8, 4) is 17.1 Å². The fraction of sp³-hybridized carbons (Fsp3) is 0.333. The van der Waals surface area contributed by atoms with Gasteiger partial charge in [-0.15, -0.1) is 0 Å². The summed E-state index contributed by atoms with van der Waals surface area (Å²) in [5.41, 5.74) is 0.706. The fourth-order valence-electron chi connectivity index (χ4n) is 1.82. The summed E-state index contributed by atoms with van der Waals surface area (Å²) >= 11 is 3.96. The zero-order chi connectivity index (χ0) is 17.4. The number of methoxy groups -OCH3 is 1. The molecule has 24 heavy (non-hydrogen) atoms. The lowest BCUT2D eigenvalue weighted by Crippen LogP contribution is -2.34. The monoisotopic (exact) mass is 350 g/mol. The fourth-order valence-corrected chi connectivity index (χ4v) is 2.02. The Labute approximate surface area is 144 Å². The average molecular weight is 350 g/mol. The largest absolute Gasteiger partial charge is 0.497 e. The number of carbonyl (C=O) groups is 2. The molecule has 0 spiro atoms. The molecule has 0 unspecified atom stereocenters. The van der Waals surface area contributed by atoms with Crippen LogP contribution in [0.2, 0.25) is 0 Å². The van der Waals surface area contributed by atoms with Crippen LogP contribution in [0.15, 0.2) is 28.8 Å². The Bertz CT molecular complexity index is 687. The summed E-state index contributed by atoms with van der Waals surface area (Å²) in [6.07, 6.45) is 0.339. The molecule has 1 heterocycles. The molecule has 8 nitrogen and oxygen atoms in total. The number of amides is 2. The summed E-state index contributed by atoms with van der Waals surface area (Å²) < 4.78 is 10.0. The van der Waals surface area contributed by atoms with Crippen LogP contribution in [0.5, 0.6) is 5.75 Å². The molecule has 2 amide bonds. The molecule has 0 bridgehead atoms. The van der Waals surface area contributed by atoms with E-state index in [9.17, 15) is 9.59 Å². The van der Waals surface area contributed by atoms with Gasteiger partial charge in [-0.25, -0.2) is 0 Å². The molecule has 0 radical (unpaired) electrons. The van der Waals surface area contributed by atoms with Gasteiger partial charge >= 0.3 is 11.8 Å². The van der Waals surface area contributed by atoms with Crippen molar-refractivity contribution in [3.05, 3.63) is 30.2 Å². The number of thiol groups is 1. The zero-order valence-corrected chi connectivity index (χ0v) is 14.0. The molecule has 0 saturated carbocycles. The van der Waals surface area contributed by atoms with Crippen LogP contribution in [0.4, 0.5) is 0 Å². The Kier molecular flexibility index (Phi) is 6.62. The predicted octanol–water partition coefficient (Wildman–Crippen LogP) is 0.911. The first-order chi connectivity index (χ1) is 11.6. The van der Waals surface area contributed by atoms with Gasteiger partial charge in [0.2, 0.25) is 11.7 Å². The molecule has 1 aromatic heterocycles. The van der Waals surface area contributed by atoms with E-state index in [0.717, 1.165) is 0 Å². The maximum absolute atomic E-state index is 11.9. The summed E-state index contributed by atoms with van der Waals surface area (Å²) in [5.74, 6) is 0.756. The van der Waals surface area contributed by atoms with E-state index in [1.54, 1.807) is 31.4 Å². The first-order valence-electron chi connectivity index (χ1n) is 7.28. The van der Waals surface area contributed by atoms with Gasteiger partial charge < -0.3 is 19.9 Å². The Morgan fingerprint density at radius 1 is 1.21 bits per heavy atom. The molecule has 0 atom stereocenters. The highest BCUT2D eigenvalue weighted by Gasteiger charge is 2.15. The van der Waals surface area contributed by atoms with E-state index in [1.165, 1.54) is 0 Å². The number of rotatable bonds is 8. The summed E-state index contributed by atoms with van der Waals surface area (Å²) in [5, 5.41) is 9.02. The highest BCUT2D eigenvalue weighted by Crippen LogP contribution is 2.19. The first-order valence-corrected chi connectivity index (χ1v) is 7.91. The molecule has 0 aliphatic heterocycles. The third-order valence-electron chi connectivity index (χ3n) is 3.04. The molecule has 128 valence electrons. The van der Waals surface area contributed by atoms with Crippen LogP contribution in [-0.2, 0) is 4.79 Å². The number of nitrogens with one attached hydrogen (secondary N) is 2. The van der Waals surface area contributed by atoms with Gasteiger partial charge in [0.15, 0.2) is 0 Å². The summed E-state index contributed by atoms with van der Waals surface area (Å²) in [6, 6.07) is 7.06. The number of aromatic nitrogens is 2. The molecule has 0 aliphatic carbocycles. The molecule has 9 heteroatoms. The van der Waals surface area contributed by atoms with Crippen LogP contribution < -0.4 is 15.4 Å². The normalized spacial score (nSPS) is 10.2. The Morgan fingerprint density at radius 2 is 1.92 bits per heavy atom. The molecule has 2 N–H and O–H groups in total. The number of benzene rings is 1.